The monoisotopic (exact) mass is 224 g/mol. The molecule has 0 aliphatic carbocycles. The molecular weight excluding hydrogens is 210 g/mol. The molecule has 2 rings (SSSR count). The zero-order valence-electron chi connectivity index (χ0n) is 9.82. The molecule has 0 amide bonds. The average Bonchev–Trinajstić information content (AvgIpc) is 2.36. The van der Waals surface area contributed by atoms with Crippen LogP contribution < -0.4 is 5.59 Å². The average molecular weight is 224 g/mol. The van der Waals surface area contributed by atoms with Gasteiger partial charge in [0, 0.05) is 6.07 Å². The first-order valence-corrected chi connectivity index (χ1v) is 5.15. The van der Waals surface area contributed by atoms with Crippen molar-refractivity contribution in [3.8, 4) is 0 Å². The van der Waals surface area contributed by atoms with Crippen molar-refractivity contribution in [2.24, 2.45) is 0 Å². The molecule has 0 atom stereocenters. The van der Waals surface area contributed by atoms with Gasteiger partial charge in [0.05, 0.1) is 16.8 Å². The van der Waals surface area contributed by atoms with Crippen molar-refractivity contribution < 1.29 is 13.7 Å². The van der Waals surface area contributed by atoms with Gasteiger partial charge >= 0.3 is 7.12 Å². The van der Waals surface area contributed by atoms with Gasteiger partial charge in [0.15, 0.2) is 0 Å². The molecule has 1 saturated heterocycles. The predicted octanol–water partition coefficient (Wildman–Crippen LogP) is 0.915. The largest absolute Gasteiger partial charge is 0.514 e. The lowest BCUT2D eigenvalue weighted by atomic mass is 9.84. The summed E-state index contributed by atoms with van der Waals surface area (Å²) in [5.74, 6) is -0.584. The molecule has 1 fully saturated rings. The van der Waals surface area contributed by atoms with E-state index in [1.807, 2.05) is 27.7 Å². The van der Waals surface area contributed by atoms with Crippen LogP contribution in [0.2, 0.25) is 0 Å². The van der Waals surface area contributed by atoms with Crippen LogP contribution in [-0.2, 0) is 9.31 Å². The van der Waals surface area contributed by atoms with E-state index in [0.29, 0.717) is 5.59 Å². The van der Waals surface area contributed by atoms with Crippen LogP contribution >= 0.6 is 0 Å². The molecule has 0 aromatic carbocycles. The fourth-order valence-electron chi connectivity index (χ4n) is 1.44. The maximum absolute atomic E-state index is 12.9. The van der Waals surface area contributed by atoms with Crippen molar-refractivity contribution in [2.75, 3.05) is 0 Å². The molecule has 0 saturated carbocycles. The van der Waals surface area contributed by atoms with E-state index in [2.05, 4.69) is 9.97 Å². The first-order chi connectivity index (χ1) is 7.32. The van der Waals surface area contributed by atoms with Crippen LogP contribution in [-0.4, -0.2) is 28.3 Å². The fourth-order valence-corrected chi connectivity index (χ4v) is 1.44. The summed E-state index contributed by atoms with van der Waals surface area (Å²) in [6.07, 6.45) is 1.16. The van der Waals surface area contributed by atoms with Gasteiger partial charge in [-0.3, -0.25) is 0 Å². The Morgan fingerprint density at radius 1 is 1.12 bits per heavy atom. The van der Waals surface area contributed by atoms with E-state index >= 15 is 0 Å². The number of nitrogens with zero attached hydrogens (tertiary/aromatic N) is 2. The Hall–Kier alpha value is -1.01. The quantitative estimate of drug-likeness (QED) is 0.525. The lowest BCUT2D eigenvalue weighted by Gasteiger charge is -2.32. The molecule has 4 nitrogen and oxygen atoms in total. The number of aromatic nitrogens is 2. The van der Waals surface area contributed by atoms with Crippen LogP contribution in [0.3, 0.4) is 0 Å². The topological polar surface area (TPSA) is 44.2 Å². The lowest BCUT2D eigenvalue weighted by molar-refractivity contribution is 0.00578. The third-order valence-electron chi connectivity index (χ3n) is 3.15. The van der Waals surface area contributed by atoms with Crippen LogP contribution in [0.15, 0.2) is 12.4 Å². The van der Waals surface area contributed by atoms with E-state index in [4.69, 9.17) is 9.31 Å². The van der Waals surface area contributed by atoms with Crippen LogP contribution in [0.4, 0.5) is 4.39 Å². The molecule has 0 N–H and O–H groups in total. The van der Waals surface area contributed by atoms with Gasteiger partial charge in [-0.15, -0.1) is 0 Å². The minimum Gasteiger partial charge on any atom is -0.398 e. The maximum atomic E-state index is 12.9. The summed E-state index contributed by atoms with van der Waals surface area (Å²) in [6.45, 7) is 7.74. The highest BCUT2D eigenvalue weighted by atomic mass is 19.1. The first kappa shape index (κ1) is 11.5. The van der Waals surface area contributed by atoms with Crippen molar-refractivity contribution in [3.05, 3.63) is 18.3 Å². The zero-order valence-corrected chi connectivity index (χ0v) is 9.82. The molecule has 0 spiro atoms. The molecule has 1 aliphatic rings. The SMILES string of the molecule is CC1(C)OB(c2cc(F)ncn2)OC1(C)C. The predicted molar refractivity (Wildman–Crippen MR) is 57.7 cm³/mol. The molecule has 2 heterocycles. The van der Waals surface area contributed by atoms with Crippen molar-refractivity contribution in [3.63, 3.8) is 0 Å². The van der Waals surface area contributed by atoms with Gasteiger partial charge in [-0.2, -0.15) is 4.39 Å². The Balaban J connectivity index is 2.27. The van der Waals surface area contributed by atoms with Crippen molar-refractivity contribution >= 4 is 12.7 Å². The van der Waals surface area contributed by atoms with Crippen LogP contribution in [0, 0.1) is 5.95 Å². The van der Waals surface area contributed by atoms with Gasteiger partial charge in [0.2, 0.25) is 5.95 Å². The summed E-state index contributed by atoms with van der Waals surface area (Å²) in [5.41, 5.74) is -0.482. The minimum atomic E-state index is -0.637. The van der Waals surface area contributed by atoms with Crippen LogP contribution in [0.25, 0.3) is 0 Å². The Bertz CT molecular complexity index is 396. The maximum Gasteiger partial charge on any atom is 0.514 e. The minimum absolute atomic E-state index is 0.408. The second-order valence-corrected chi connectivity index (χ2v) is 4.85. The number of rotatable bonds is 1. The van der Waals surface area contributed by atoms with Gasteiger partial charge < -0.3 is 9.31 Å². The summed E-state index contributed by atoms with van der Waals surface area (Å²) < 4.78 is 24.4. The Kier molecular flexibility index (Phi) is 2.51. The highest BCUT2D eigenvalue weighted by Crippen LogP contribution is 2.36. The van der Waals surface area contributed by atoms with Gasteiger partial charge in [-0.05, 0) is 27.7 Å². The Morgan fingerprint density at radius 2 is 1.69 bits per heavy atom. The van der Waals surface area contributed by atoms with E-state index in [1.165, 1.54) is 6.07 Å². The van der Waals surface area contributed by atoms with Gasteiger partial charge in [-0.25, -0.2) is 9.97 Å². The molecule has 0 unspecified atom stereocenters. The van der Waals surface area contributed by atoms with E-state index in [0.717, 1.165) is 6.33 Å². The lowest BCUT2D eigenvalue weighted by Crippen LogP contribution is -2.41. The molecule has 1 aromatic rings. The van der Waals surface area contributed by atoms with Crippen LogP contribution in [0.5, 0.6) is 0 Å². The summed E-state index contributed by atoms with van der Waals surface area (Å²) in [6, 6.07) is 1.22. The summed E-state index contributed by atoms with van der Waals surface area (Å²) in [5, 5.41) is 0. The van der Waals surface area contributed by atoms with E-state index < -0.39 is 24.3 Å². The summed E-state index contributed by atoms with van der Waals surface area (Å²) in [4.78, 5) is 7.35. The summed E-state index contributed by atoms with van der Waals surface area (Å²) in [7, 11) is -0.637. The van der Waals surface area contributed by atoms with Crippen molar-refractivity contribution in [1.29, 1.82) is 0 Å². The number of hydrogen-bond donors (Lipinski definition) is 0. The van der Waals surface area contributed by atoms with E-state index in [9.17, 15) is 4.39 Å². The van der Waals surface area contributed by atoms with Gasteiger partial charge in [0.25, 0.3) is 0 Å². The molecule has 86 valence electrons. The van der Waals surface area contributed by atoms with Crippen LogP contribution in [0.1, 0.15) is 27.7 Å². The Morgan fingerprint density at radius 3 is 2.19 bits per heavy atom. The van der Waals surface area contributed by atoms with Crippen molar-refractivity contribution in [2.45, 2.75) is 38.9 Å². The normalized spacial score (nSPS) is 22.4. The highest BCUT2D eigenvalue weighted by Gasteiger charge is 2.52. The van der Waals surface area contributed by atoms with E-state index in [1.54, 1.807) is 0 Å². The third kappa shape index (κ3) is 1.83. The van der Waals surface area contributed by atoms with E-state index in [-0.39, 0.29) is 0 Å². The number of hydrogen-bond acceptors (Lipinski definition) is 4. The molecule has 6 heteroatoms. The van der Waals surface area contributed by atoms with Gasteiger partial charge in [-0.1, -0.05) is 0 Å². The Labute approximate surface area is 94.3 Å². The molecule has 1 aromatic heterocycles. The fraction of sp³-hybridized carbons (Fsp3) is 0.600. The second-order valence-electron chi connectivity index (χ2n) is 4.85. The smallest absolute Gasteiger partial charge is 0.398 e. The molecular formula is C10H14BFN2O2. The number of halogens is 1. The zero-order chi connectivity index (χ0) is 12.0. The third-order valence-corrected chi connectivity index (χ3v) is 3.15. The summed E-state index contributed by atoms with van der Waals surface area (Å²) >= 11 is 0. The molecule has 16 heavy (non-hydrogen) atoms. The molecule has 1 aliphatic heterocycles. The highest BCUT2D eigenvalue weighted by molar-refractivity contribution is 6.61. The second kappa shape index (κ2) is 3.50. The molecule has 0 radical (unpaired) electrons. The van der Waals surface area contributed by atoms with Crippen molar-refractivity contribution in [1.82, 2.24) is 9.97 Å². The standard InChI is InChI=1S/C10H14BFN2O2/c1-9(2)10(3,4)16-11(15-9)7-5-8(12)14-6-13-7/h5-6H,1-4H3. The molecule has 0 bridgehead atoms. The van der Waals surface area contributed by atoms with Gasteiger partial charge in [0.1, 0.15) is 6.33 Å². The first-order valence-electron chi connectivity index (χ1n) is 5.15.